The van der Waals surface area contributed by atoms with Crippen molar-refractivity contribution in [3.63, 3.8) is 0 Å². The molecule has 2 aromatic carbocycles. The molecule has 0 heterocycles. The molecule has 1 atom stereocenters. The van der Waals surface area contributed by atoms with Crippen molar-refractivity contribution < 1.29 is 28.5 Å². The van der Waals surface area contributed by atoms with Crippen LogP contribution in [0, 0.1) is 6.92 Å². The summed E-state index contributed by atoms with van der Waals surface area (Å²) in [6.07, 6.45) is -0.833. The van der Waals surface area contributed by atoms with Crippen LogP contribution in [0.25, 0.3) is 0 Å². The van der Waals surface area contributed by atoms with E-state index in [0.717, 1.165) is 5.56 Å². The summed E-state index contributed by atoms with van der Waals surface area (Å²) >= 11 is 0. The summed E-state index contributed by atoms with van der Waals surface area (Å²) in [7, 11) is 3.02. The number of aryl methyl sites for hydroxylation is 1. The van der Waals surface area contributed by atoms with Crippen LogP contribution in [0.4, 0.5) is 5.69 Å². The van der Waals surface area contributed by atoms with Crippen molar-refractivity contribution in [2.24, 2.45) is 0 Å². The molecule has 27 heavy (non-hydrogen) atoms. The molecular formula is C20H23NO6. The van der Waals surface area contributed by atoms with E-state index >= 15 is 0 Å². The van der Waals surface area contributed by atoms with E-state index in [2.05, 4.69) is 5.32 Å². The van der Waals surface area contributed by atoms with Crippen molar-refractivity contribution in [1.82, 2.24) is 0 Å². The van der Waals surface area contributed by atoms with Crippen molar-refractivity contribution in [3.05, 3.63) is 48.0 Å². The van der Waals surface area contributed by atoms with Gasteiger partial charge < -0.3 is 24.3 Å². The molecule has 0 radical (unpaired) electrons. The number of amides is 1. The van der Waals surface area contributed by atoms with Crippen molar-refractivity contribution in [3.8, 4) is 17.2 Å². The fourth-order valence-electron chi connectivity index (χ4n) is 2.31. The fourth-order valence-corrected chi connectivity index (χ4v) is 2.31. The zero-order valence-electron chi connectivity index (χ0n) is 15.8. The number of ether oxygens (including phenoxy) is 4. The van der Waals surface area contributed by atoms with E-state index in [4.69, 9.17) is 18.9 Å². The minimum absolute atomic E-state index is 0.422. The first-order chi connectivity index (χ1) is 12.9. The highest BCUT2D eigenvalue weighted by Gasteiger charge is 2.18. The van der Waals surface area contributed by atoms with Crippen LogP contribution in [0.3, 0.4) is 0 Å². The summed E-state index contributed by atoms with van der Waals surface area (Å²) in [6, 6.07) is 12.3. The standard InChI is InChI=1S/C20H23NO6/c1-13-6-5-7-16(10-13)27-14(2)20(23)26-12-19(22)21-15-8-9-17(24-3)18(11-15)25-4/h5-11,14H,12H2,1-4H3,(H,21,22)/t14-/m0/s1. The zero-order valence-corrected chi connectivity index (χ0v) is 15.8. The molecule has 0 aliphatic rings. The van der Waals surface area contributed by atoms with Gasteiger partial charge in [-0.25, -0.2) is 4.79 Å². The maximum absolute atomic E-state index is 12.0. The van der Waals surface area contributed by atoms with Crippen LogP contribution < -0.4 is 19.5 Å². The van der Waals surface area contributed by atoms with Gasteiger partial charge in [-0.05, 0) is 43.7 Å². The predicted octanol–water partition coefficient (Wildman–Crippen LogP) is 2.96. The van der Waals surface area contributed by atoms with Gasteiger partial charge in [-0.1, -0.05) is 12.1 Å². The Morgan fingerprint density at radius 2 is 1.78 bits per heavy atom. The van der Waals surface area contributed by atoms with Gasteiger partial charge in [0.05, 0.1) is 14.2 Å². The molecule has 0 aromatic heterocycles. The molecule has 0 aliphatic heterocycles. The molecule has 2 rings (SSSR count). The highest BCUT2D eigenvalue weighted by molar-refractivity contribution is 5.93. The first-order valence-corrected chi connectivity index (χ1v) is 8.34. The number of benzene rings is 2. The molecule has 7 nitrogen and oxygen atoms in total. The molecule has 0 fully saturated rings. The summed E-state index contributed by atoms with van der Waals surface area (Å²) in [4.78, 5) is 24.0. The predicted molar refractivity (Wildman–Crippen MR) is 100 cm³/mol. The van der Waals surface area contributed by atoms with Crippen molar-refractivity contribution in [2.75, 3.05) is 26.1 Å². The molecule has 1 N–H and O–H groups in total. The Bertz CT molecular complexity index is 805. The number of methoxy groups -OCH3 is 2. The topological polar surface area (TPSA) is 83.1 Å². The lowest BCUT2D eigenvalue weighted by Gasteiger charge is -2.14. The van der Waals surface area contributed by atoms with Gasteiger partial charge in [0.2, 0.25) is 0 Å². The molecule has 0 bridgehead atoms. The van der Waals surface area contributed by atoms with E-state index in [-0.39, 0.29) is 0 Å². The smallest absolute Gasteiger partial charge is 0.347 e. The van der Waals surface area contributed by atoms with Crippen LogP contribution in [-0.4, -0.2) is 38.8 Å². The summed E-state index contributed by atoms with van der Waals surface area (Å²) in [6.45, 7) is 3.07. The number of hydrogen-bond acceptors (Lipinski definition) is 6. The van der Waals surface area contributed by atoms with Gasteiger partial charge in [-0.2, -0.15) is 0 Å². The third-order valence-corrected chi connectivity index (χ3v) is 3.65. The van der Waals surface area contributed by atoms with Gasteiger partial charge in [0.15, 0.2) is 24.2 Å². The Hall–Kier alpha value is -3.22. The Morgan fingerprint density at radius 3 is 2.44 bits per heavy atom. The Labute approximate surface area is 158 Å². The molecule has 0 spiro atoms. The summed E-state index contributed by atoms with van der Waals surface area (Å²) < 4.78 is 20.8. The lowest BCUT2D eigenvalue weighted by atomic mass is 10.2. The minimum atomic E-state index is -0.833. The average molecular weight is 373 g/mol. The number of carbonyl (C=O) groups excluding carboxylic acids is 2. The van der Waals surface area contributed by atoms with E-state index in [1.807, 2.05) is 25.1 Å². The SMILES string of the molecule is COc1ccc(NC(=O)COC(=O)[C@H](C)Oc2cccc(C)c2)cc1OC. The Morgan fingerprint density at radius 1 is 1.04 bits per heavy atom. The number of esters is 1. The van der Waals surface area contributed by atoms with Crippen LogP contribution in [-0.2, 0) is 14.3 Å². The number of rotatable bonds is 8. The van der Waals surface area contributed by atoms with E-state index in [1.165, 1.54) is 14.2 Å². The fraction of sp³-hybridized carbons (Fsp3) is 0.300. The first-order valence-electron chi connectivity index (χ1n) is 8.34. The molecule has 7 heteroatoms. The largest absolute Gasteiger partial charge is 0.493 e. The molecule has 1 amide bonds. The van der Waals surface area contributed by atoms with Gasteiger partial charge >= 0.3 is 5.97 Å². The second-order valence-electron chi connectivity index (χ2n) is 5.80. The van der Waals surface area contributed by atoms with E-state index in [0.29, 0.717) is 22.9 Å². The second kappa shape index (κ2) is 9.47. The van der Waals surface area contributed by atoms with Crippen LogP contribution >= 0.6 is 0 Å². The van der Waals surface area contributed by atoms with E-state index in [1.54, 1.807) is 31.2 Å². The van der Waals surface area contributed by atoms with Crippen molar-refractivity contribution in [2.45, 2.75) is 20.0 Å². The molecule has 144 valence electrons. The summed E-state index contributed by atoms with van der Waals surface area (Å²) in [5.41, 5.74) is 1.51. The summed E-state index contributed by atoms with van der Waals surface area (Å²) in [5, 5.41) is 2.63. The van der Waals surface area contributed by atoms with Crippen molar-refractivity contribution in [1.29, 1.82) is 0 Å². The van der Waals surface area contributed by atoms with Gasteiger partial charge in [0.25, 0.3) is 5.91 Å². The summed E-state index contributed by atoms with van der Waals surface area (Å²) in [5.74, 6) is 0.489. The van der Waals surface area contributed by atoms with Gasteiger partial charge in [0, 0.05) is 11.8 Å². The highest BCUT2D eigenvalue weighted by Crippen LogP contribution is 2.29. The number of anilines is 1. The van der Waals surface area contributed by atoms with Crippen LogP contribution in [0.5, 0.6) is 17.2 Å². The van der Waals surface area contributed by atoms with E-state index < -0.39 is 24.6 Å². The molecule has 0 unspecified atom stereocenters. The number of carbonyl (C=O) groups is 2. The van der Waals surface area contributed by atoms with Crippen LogP contribution in [0.2, 0.25) is 0 Å². The quantitative estimate of drug-likeness (QED) is 0.717. The molecule has 0 saturated heterocycles. The number of nitrogens with one attached hydrogen (secondary N) is 1. The third kappa shape index (κ3) is 5.91. The average Bonchev–Trinajstić information content (AvgIpc) is 2.65. The maximum atomic E-state index is 12.0. The first kappa shape index (κ1) is 20.1. The number of hydrogen-bond donors (Lipinski definition) is 1. The normalized spacial score (nSPS) is 11.3. The van der Waals surface area contributed by atoms with Gasteiger partial charge in [-0.15, -0.1) is 0 Å². The minimum Gasteiger partial charge on any atom is -0.493 e. The Kier molecular flexibility index (Phi) is 7.05. The lowest BCUT2D eigenvalue weighted by molar-refractivity contribution is -0.153. The van der Waals surface area contributed by atoms with Gasteiger partial charge in [-0.3, -0.25) is 4.79 Å². The highest BCUT2D eigenvalue weighted by atomic mass is 16.6. The second-order valence-corrected chi connectivity index (χ2v) is 5.80. The monoisotopic (exact) mass is 373 g/mol. The molecule has 2 aromatic rings. The maximum Gasteiger partial charge on any atom is 0.347 e. The zero-order chi connectivity index (χ0) is 19.8. The van der Waals surface area contributed by atoms with Crippen LogP contribution in [0.15, 0.2) is 42.5 Å². The molecule has 0 saturated carbocycles. The third-order valence-electron chi connectivity index (χ3n) is 3.65. The Balaban J connectivity index is 1.84. The molecular weight excluding hydrogens is 350 g/mol. The van der Waals surface area contributed by atoms with Crippen LogP contribution in [0.1, 0.15) is 12.5 Å². The molecule has 0 aliphatic carbocycles. The van der Waals surface area contributed by atoms with Crippen molar-refractivity contribution >= 4 is 17.6 Å². The lowest BCUT2D eigenvalue weighted by Crippen LogP contribution is -2.29. The van der Waals surface area contributed by atoms with Gasteiger partial charge in [0.1, 0.15) is 5.75 Å². The van der Waals surface area contributed by atoms with E-state index in [9.17, 15) is 9.59 Å².